The van der Waals surface area contributed by atoms with E-state index in [-0.39, 0.29) is 5.82 Å². The molecule has 0 saturated carbocycles. The Morgan fingerprint density at radius 1 is 1.10 bits per heavy atom. The fraction of sp³-hybridized carbons (Fsp3) is 0.455. The van der Waals surface area contributed by atoms with Crippen LogP contribution in [0.4, 0.5) is 10.2 Å². The van der Waals surface area contributed by atoms with Crippen molar-refractivity contribution in [2.24, 2.45) is 4.99 Å². The fourth-order valence-electron chi connectivity index (χ4n) is 3.34. The molecule has 0 atom stereocenters. The maximum atomic E-state index is 13.0. The van der Waals surface area contributed by atoms with Gasteiger partial charge in [-0.25, -0.2) is 14.4 Å². The molecule has 2 heterocycles. The highest BCUT2D eigenvalue weighted by Gasteiger charge is 2.17. The number of guanidine groups is 1. The number of aliphatic imine (C=N–C) groups is 1. The summed E-state index contributed by atoms with van der Waals surface area (Å²) >= 11 is 0. The molecule has 156 valence electrons. The van der Waals surface area contributed by atoms with E-state index in [0.29, 0.717) is 6.54 Å². The number of piperazine rings is 1. The van der Waals surface area contributed by atoms with Gasteiger partial charge < -0.3 is 20.4 Å². The second-order valence-corrected chi connectivity index (χ2v) is 7.27. The van der Waals surface area contributed by atoms with Gasteiger partial charge in [-0.3, -0.25) is 0 Å². The summed E-state index contributed by atoms with van der Waals surface area (Å²) in [7, 11) is 2.15. The number of nitrogens with zero attached hydrogens (tertiary/aromatic N) is 4. The molecule has 2 N–H and O–H groups in total. The minimum absolute atomic E-state index is 0.204. The van der Waals surface area contributed by atoms with Crippen molar-refractivity contribution in [3.05, 3.63) is 59.5 Å². The summed E-state index contributed by atoms with van der Waals surface area (Å²) in [6, 6.07) is 10.7. The molecule has 1 aliphatic rings. The van der Waals surface area contributed by atoms with Gasteiger partial charge in [-0.05, 0) is 44.2 Å². The van der Waals surface area contributed by atoms with Crippen LogP contribution in [-0.2, 0) is 13.0 Å². The van der Waals surface area contributed by atoms with Gasteiger partial charge in [-0.1, -0.05) is 18.2 Å². The lowest BCUT2D eigenvalue weighted by Crippen LogP contribution is -2.45. The maximum absolute atomic E-state index is 13.0. The lowest BCUT2D eigenvalue weighted by atomic mass is 10.1. The predicted octanol–water partition coefficient (Wildman–Crippen LogP) is 2.27. The number of benzene rings is 1. The molecule has 1 fully saturated rings. The lowest BCUT2D eigenvalue weighted by molar-refractivity contribution is 0.312. The molecule has 1 aliphatic heterocycles. The third-order valence-electron chi connectivity index (χ3n) is 5.04. The first kappa shape index (κ1) is 21.0. The first-order chi connectivity index (χ1) is 14.2. The molecule has 6 nitrogen and oxygen atoms in total. The SMILES string of the molecule is CCNC(=NCc1cccnc1N1CCN(C)CC1)NCCc1ccc(F)cc1. The summed E-state index contributed by atoms with van der Waals surface area (Å²) < 4.78 is 13.0. The van der Waals surface area contributed by atoms with E-state index < -0.39 is 0 Å². The van der Waals surface area contributed by atoms with Crippen LogP contribution in [0.25, 0.3) is 0 Å². The fourth-order valence-corrected chi connectivity index (χ4v) is 3.34. The summed E-state index contributed by atoms with van der Waals surface area (Å²) in [5.74, 6) is 1.61. The second kappa shape index (κ2) is 10.8. The molecule has 2 aromatic rings. The topological polar surface area (TPSA) is 55.8 Å². The molecule has 3 rings (SSSR count). The van der Waals surface area contributed by atoms with Gasteiger partial charge in [-0.2, -0.15) is 0 Å². The molecule has 0 amide bonds. The zero-order chi connectivity index (χ0) is 20.5. The minimum atomic E-state index is -0.204. The molecule has 0 radical (unpaired) electrons. The molecule has 1 aromatic heterocycles. The van der Waals surface area contributed by atoms with Gasteiger partial charge in [-0.15, -0.1) is 0 Å². The average molecular weight is 399 g/mol. The molecular weight excluding hydrogens is 367 g/mol. The van der Waals surface area contributed by atoms with Gasteiger partial charge in [0, 0.05) is 51.0 Å². The van der Waals surface area contributed by atoms with Crippen LogP contribution in [0.1, 0.15) is 18.1 Å². The number of hydrogen-bond acceptors (Lipinski definition) is 4. The summed E-state index contributed by atoms with van der Waals surface area (Å²) in [6.07, 6.45) is 2.66. The Morgan fingerprint density at radius 2 is 1.86 bits per heavy atom. The van der Waals surface area contributed by atoms with E-state index in [1.807, 2.05) is 24.4 Å². The molecular formula is C22H31FN6. The van der Waals surface area contributed by atoms with Crippen LogP contribution in [0.15, 0.2) is 47.6 Å². The van der Waals surface area contributed by atoms with E-state index in [2.05, 4.69) is 45.5 Å². The van der Waals surface area contributed by atoms with Crippen molar-refractivity contribution < 1.29 is 4.39 Å². The van der Waals surface area contributed by atoms with Gasteiger partial charge in [0.25, 0.3) is 0 Å². The zero-order valence-corrected chi connectivity index (χ0v) is 17.4. The average Bonchev–Trinajstić information content (AvgIpc) is 2.74. The summed E-state index contributed by atoms with van der Waals surface area (Å²) in [5, 5.41) is 6.65. The van der Waals surface area contributed by atoms with Crippen LogP contribution < -0.4 is 15.5 Å². The second-order valence-electron chi connectivity index (χ2n) is 7.27. The van der Waals surface area contributed by atoms with Crippen molar-refractivity contribution in [2.45, 2.75) is 19.9 Å². The maximum Gasteiger partial charge on any atom is 0.191 e. The van der Waals surface area contributed by atoms with E-state index in [9.17, 15) is 4.39 Å². The van der Waals surface area contributed by atoms with E-state index in [1.54, 1.807) is 0 Å². The van der Waals surface area contributed by atoms with E-state index in [4.69, 9.17) is 4.99 Å². The van der Waals surface area contributed by atoms with Gasteiger partial charge >= 0.3 is 0 Å². The number of likely N-dealkylation sites (N-methyl/N-ethyl adjacent to an activating group) is 1. The van der Waals surface area contributed by atoms with Crippen LogP contribution in [0.3, 0.4) is 0 Å². The monoisotopic (exact) mass is 398 g/mol. The van der Waals surface area contributed by atoms with E-state index in [1.165, 1.54) is 12.1 Å². The van der Waals surface area contributed by atoms with E-state index >= 15 is 0 Å². The van der Waals surface area contributed by atoms with Gasteiger partial charge in [0.2, 0.25) is 0 Å². The highest BCUT2D eigenvalue weighted by Crippen LogP contribution is 2.19. The van der Waals surface area contributed by atoms with Crippen molar-refractivity contribution in [3.63, 3.8) is 0 Å². The van der Waals surface area contributed by atoms with E-state index in [0.717, 1.165) is 68.6 Å². The predicted molar refractivity (Wildman–Crippen MR) is 117 cm³/mol. The summed E-state index contributed by atoms with van der Waals surface area (Å²) in [6.45, 7) is 8.22. The van der Waals surface area contributed by atoms with Crippen LogP contribution in [-0.4, -0.2) is 62.2 Å². The van der Waals surface area contributed by atoms with Crippen LogP contribution in [0.5, 0.6) is 0 Å². The van der Waals surface area contributed by atoms with Crippen molar-refractivity contribution in [3.8, 4) is 0 Å². The van der Waals surface area contributed by atoms with Crippen molar-refractivity contribution in [2.75, 3.05) is 51.2 Å². The molecule has 1 saturated heterocycles. The third-order valence-corrected chi connectivity index (χ3v) is 5.04. The molecule has 7 heteroatoms. The highest BCUT2D eigenvalue weighted by molar-refractivity contribution is 5.79. The summed E-state index contributed by atoms with van der Waals surface area (Å²) in [5.41, 5.74) is 2.23. The van der Waals surface area contributed by atoms with Crippen LogP contribution >= 0.6 is 0 Å². The molecule has 1 aromatic carbocycles. The van der Waals surface area contributed by atoms with Crippen molar-refractivity contribution >= 4 is 11.8 Å². The number of aromatic nitrogens is 1. The van der Waals surface area contributed by atoms with Crippen LogP contribution in [0, 0.1) is 5.82 Å². The third kappa shape index (κ3) is 6.42. The number of hydrogen-bond donors (Lipinski definition) is 2. The van der Waals surface area contributed by atoms with Gasteiger partial charge in [0.05, 0.1) is 6.54 Å². The molecule has 0 aliphatic carbocycles. The first-order valence-electron chi connectivity index (χ1n) is 10.3. The smallest absolute Gasteiger partial charge is 0.191 e. The Kier molecular flexibility index (Phi) is 7.81. The number of anilines is 1. The van der Waals surface area contributed by atoms with Gasteiger partial charge in [0.1, 0.15) is 11.6 Å². The molecule has 0 unspecified atom stereocenters. The molecule has 0 bridgehead atoms. The number of rotatable bonds is 7. The molecule has 0 spiro atoms. The van der Waals surface area contributed by atoms with Gasteiger partial charge in [0.15, 0.2) is 5.96 Å². The zero-order valence-electron chi connectivity index (χ0n) is 17.4. The first-order valence-corrected chi connectivity index (χ1v) is 10.3. The highest BCUT2D eigenvalue weighted by atomic mass is 19.1. The Balaban J connectivity index is 1.60. The number of nitrogens with one attached hydrogen (secondary N) is 2. The van der Waals surface area contributed by atoms with Crippen molar-refractivity contribution in [1.29, 1.82) is 0 Å². The lowest BCUT2D eigenvalue weighted by Gasteiger charge is -2.34. The Hall–Kier alpha value is -2.67. The largest absolute Gasteiger partial charge is 0.357 e. The Bertz CT molecular complexity index is 784. The number of pyridine rings is 1. The normalized spacial score (nSPS) is 15.4. The standard InChI is InChI=1S/C22H31FN6/c1-3-24-22(26-12-10-18-6-8-20(23)9-7-18)27-17-19-5-4-11-25-21(19)29-15-13-28(2)14-16-29/h4-9,11H,3,10,12-17H2,1-2H3,(H2,24,26,27). The molecule has 29 heavy (non-hydrogen) atoms. The summed E-state index contributed by atoms with van der Waals surface area (Å²) in [4.78, 5) is 14.1. The number of halogens is 1. The van der Waals surface area contributed by atoms with Crippen LogP contribution in [0.2, 0.25) is 0 Å². The van der Waals surface area contributed by atoms with Crippen molar-refractivity contribution in [1.82, 2.24) is 20.5 Å². The Labute approximate surface area is 172 Å². The minimum Gasteiger partial charge on any atom is -0.357 e. The Morgan fingerprint density at radius 3 is 2.59 bits per heavy atom. The quantitative estimate of drug-likeness (QED) is 0.554.